The molecule has 0 saturated carbocycles. The number of methoxy groups -OCH3 is 3. The first-order valence-electron chi connectivity index (χ1n) is 8.53. The van der Waals surface area contributed by atoms with Gasteiger partial charge in [0.05, 0.1) is 40.0 Å². The first kappa shape index (κ1) is 20.7. The maximum Gasteiger partial charge on any atom is 0.410 e. The normalized spacial score (nSPS) is 15.4. The minimum absolute atomic E-state index is 0.262. The van der Waals surface area contributed by atoms with Crippen molar-refractivity contribution >= 4 is 12.1 Å². The maximum absolute atomic E-state index is 12.6. The lowest BCUT2D eigenvalue weighted by Gasteiger charge is -2.46. The Morgan fingerprint density at radius 2 is 1.52 bits per heavy atom. The van der Waals surface area contributed by atoms with Gasteiger partial charge in [0.25, 0.3) is 0 Å². The van der Waals surface area contributed by atoms with Crippen molar-refractivity contribution in [3.8, 4) is 17.2 Å². The van der Waals surface area contributed by atoms with Crippen LogP contribution in [-0.2, 0) is 9.47 Å². The van der Waals surface area contributed by atoms with Crippen LogP contribution < -0.4 is 14.2 Å². The summed E-state index contributed by atoms with van der Waals surface area (Å²) in [6.45, 7) is 7.69. The zero-order chi connectivity index (χ0) is 20.4. The smallest absolute Gasteiger partial charge is 0.410 e. The third-order valence-corrected chi connectivity index (χ3v) is 3.94. The first-order valence-corrected chi connectivity index (χ1v) is 8.53. The molecule has 0 unspecified atom stereocenters. The van der Waals surface area contributed by atoms with E-state index in [1.807, 2.05) is 0 Å². The van der Waals surface area contributed by atoms with Gasteiger partial charge in [-0.05, 0) is 39.8 Å². The zero-order valence-electron chi connectivity index (χ0n) is 16.9. The van der Waals surface area contributed by atoms with Crippen molar-refractivity contribution in [1.29, 1.82) is 0 Å². The van der Waals surface area contributed by atoms with Gasteiger partial charge in [-0.2, -0.15) is 0 Å². The highest BCUT2D eigenvalue weighted by atomic mass is 16.6. The number of ether oxygens (including phenoxy) is 5. The number of hydrogen-bond donors (Lipinski definition) is 0. The lowest BCUT2D eigenvalue weighted by Crippen LogP contribution is -2.64. The molecule has 0 atom stereocenters. The number of benzene rings is 1. The molecule has 0 bridgehead atoms. The second kappa shape index (κ2) is 7.54. The zero-order valence-corrected chi connectivity index (χ0v) is 16.9. The van der Waals surface area contributed by atoms with Crippen LogP contribution in [-0.4, -0.2) is 62.6 Å². The third-order valence-electron chi connectivity index (χ3n) is 3.94. The second-order valence-corrected chi connectivity index (χ2v) is 7.59. The number of hydrogen-bond acceptors (Lipinski definition) is 7. The standard InChI is InChI=1S/C19H27NO7/c1-18(2,3)27-17(22)20-10-19(4,11-20)26-16(21)12-8-13(23-5)15(25-7)14(9-12)24-6/h8-9H,10-11H2,1-7H3. The number of likely N-dealkylation sites (tertiary alicyclic amines) is 1. The summed E-state index contributed by atoms with van der Waals surface area (Å²) in [6, 6.07) is 3.05. The van der Waals surface area contributed by atoms with Gasteiger partial charge in [-0.1, -0.05) is 0 Å². The van der Waals surface area contributed by atoms with Gasteiger partial charge in [-0.3, -0.25) is 0 Å². The van der Waals surface area contributed by atoms with E-state index in [4.69, 9.17) is 23.7 Å². The molecule has 0 N–H and O–H groups in total. The highest BCUT2D eigenvalue weighted by molar-refractivity contribution is 5.91. The maximum atomic E-state index is 12.6. The van der Waals surface area contributed by atoms with Gasteiger partial charge in [0, 0.05) is 0 Å². The van der Waals surface area contributed by atoms with Crippen LogP contribution in [0.15, 0.2) is 12.1 Å². The Balaban J connectivity index is 2.07. The summed E-state index contributed by atoms with van der Waals surface area (Å²) in [7, 11) is 4.43. The van der Waals surface area contributed by atoms with Crippen LogP contribution in [0.5, 0.6) is 17.2 Å². The molecule has 27 heavy (non-hydrogen) atoms. The molecule has 1 heterocycles. The fourth-order valence-corrected chi connectivity index (χ4v) is 2.76. The number of carbonyl (C=O) groups excluding carboxylic acids is 2. The van der Waals surface area contributed by atoms with Crippen molar-refractivity contribution in [2.75, 3.05) is 34.4 Å². The van der Waals surface area contributed by atoms with E-state index in [1.165, 1.54) is 38.4 Å². The number of nitrogens with zero attached hydrogens (tertiary/aromatic N) is 1. The molecule has 1 fully saturated rings. The topological polar surface area (TPSA) is 83.5 Å². The molecule has 0 aromatic heterocycles. The molecule has 150 valence electrons. The molecule has 0 aliphatic carbocycles. The number of amides is 1. The number of carbonyl (C=O) groups is 2. The summed E-state index contributed by atoms with van der Waals surface area (Å²) in [5, 5.41) is 0. The molecule has 8 heteroatoms. The predicted octanol–water partition coefficient (Wildman–Crippen LogP) is 2.88. The van der Waals surface area contributed by atoms with Crippen LogP contribution >= 0.6 is 0 Å². The van der Waals surface area contributed by atoms with E-state index < -0.39 is 23.3 Å². The van der Waals surface area contributed by atoms with Crippen molar-refractivity contribution in [1.82, 2.24) is 4.90 Å². The Bertz CT molecular complexity index is 692. The van der Waals surface area contributed by atoms with Crippen molar-refractivity contribution < 1.29 is 33.3 Å². The Kier molecular flexibility index (Phi) is 5.77. The Morgan fingerprint density at radius 3 is 1.93 bits per heavy atom. The summed E-state index contributed by atoms with van der Waals surface area (Å²) in [6.07, 6.45) is -0.427. The van der Waals surface area contributed by atoms with E-state index >= 15 is 0 Å². The first-order chi connectivity index (χ1) is 12.5. The van der Waals surface area contributed by atoms with E-state index in [-0.39, 0.29) is 18.7 Å². The number of rotatable bonds is 5. The molecule has 0 spiro atoms. The Hall–Kier alpha value is -2.64. The average molecular weight is 381 g/mol. The van der Waals surface area contributed by atoms with Crippen molar-refractivity contribution in [2.45, 2.75) is 38.9 Å². The third kappa shape index (κ3) is 4.75. The fraction of sp³-hybridized carbons (Fsp3) is 0.579. The summed E-state index contributed by atoms with van der Waals surface area (Å²) < 4.78 is 26.7. The van der Waals surface area contributed by atoms with Crippen LogP contribution in [0.25, 0.3) is 0 Å². The lowest BCUT2D eigenvalue weighted by atomic mass is 9.97. The van der Waals surface area contributed by atoms with Crippen molar-refractivity contribution in [3.63, 3.8) is 0 Å². The van der Waals surface area contributed by atoms with Crippen LogP contribution in [0.4, 0.5) is 4.79 Å². The van der Waals surface area contributed by atoms with Crippen molar-refractivity contribution in [2.24, 2.45) is 0 Å². The summed E-state index contributed by atoms with van der Waals surface area (Å²) in [5.41, 5.74) is -1.09. The molecular weight excluding hydrogens is 354 g/mol. The largest absolute Gasteiger partial charge is 0.493 e. The predicted molar refractivity (Wildman–Crippen MR) is 97.7 cm³/mol. The number of esters is 1. The molecule has 1 aliphatic heterocycles. The van der Waals surface area contributed by atoms with Crippen molar-refractivity contribution in [3.05, 3.63) is 17.7 Å². The molecule has 2 rings (SSSR count). The van der Waals surface area contributed by atoms with E-state index in [9.17, 15) is 9.59 Å². The highest BCUT2D eigenvalue weighted by Crippen LogP contribution is 2.39. The van der Waals surface area contributed by atoms with E-state index in [2.05, 4.69) is 0 Å². The average Bonchev–Trinajstić information content (AvgIpc) is 2.56. The molecule has 0 radical (unpaired) electrons. The second-order valence-electron chi connectivity index (χ2n) is 7.59. The fourth-order valence-electron chi connectivity index (χ4n) is 2.76. The summed E-state index contributed by atoms with van der Waals surface area (Å²) in [5.74, 6) is 0.569. The minimum atomic E-state index is -0.783. The van der Waals surface area contributed by atoms with E-state index in [0.29, 0.717) is 17.2 Å². The quantitative estimate of drug-likeness (QED) is 0.725. The Labute approximate surface area is 159 Å². The highest BCUT2D eigenvalue weighted by Gasteiger charge is 2.46. The summed E-state index contributed by atoms with van der Waals surface area (Å²) in [4.78, 5) is 26.1. The van der Waals surface area contributed by atoms with Gasteiger partial charge in [-0.15, -0.1) is 0 Å². The van der Waals surface area contributed by atoms with Crippen LogP contribution in [0, 0.1) is 0 Å². The minimum Gasteiger partial charge on any atom is -0.493 e. The van der Waals surface area contributed by atoms with Gasteiger partial charge in [-0.25, -0.2) is 9.59 Å². The molecule has 8 nitrogen and oxygen atoms in total. The SMILES string of the molecule is COc1cc(C(=O)OC2(C)CN(C(=O)OC(C)(C)C)C2)cc(OC)c1OC. The molecule has 1 saturated heterocycles. The summed E-state index contributed by atoms with van der Waals surface area (Å²) >= 11 is 0. The molecule has 1 amide bonds. The van der Waals surface area contributed by atoms with Gasteiger partial charge in [0.15, 0.2) is 11.5 Å². The van der Waals surface area contributed by atoms with Crippen LogP contribution in [0.1, 0.15) is 38.1 Å². The van der Waals surface area contributed by atoms with Crippen LogP contribution in [0.2, 0.25) is 0 Å². The lowest BCUT2D eigenvalue weighted by molar-refractivity contribution is -0.0981. The van der Waals surface area contributed by atoms with E-state index in [0.717, 1.165) is 0 Å². The van der Waals surface area contributed by atoms with Gasteiger partial charge in [0.1, 0.15) is 11.2 Å². The monoisotopic (exact) mass is 381 g/mol. The molecular formula is C19H27NO7. The van der Waals surface area contributed by atoms with Gasteiger partial charge >= 0.3 is 12.1 Å². The van der Waals surface area contributed by atoms with Crippen LogP contribution in [0.3, 0.4) is 0 Å². The Morgan fingerprint density at radius 1 is 1.00 bits per heavy atom. The van der Waals surface area contributed by atoms with E-state index in [1.54, 1.807) is 27.7 Å². The molecule has 1 aliphatic rings. The van der Waals surface area contributed by atoms with Gasteiger partial charge < -0.3 is 28.6 Å². The van der Waals surface area contributed by atoms with Gasteiger partial charge in [0.2, 0.25) is 5.75 Å². The molecule has 1 aromatic rings. The molecule has 1 aromatic carbocycles.